The number of amides is 1. The lowest BCUT2D eigenvalue weighted by molar-refractivity contribution is -0.160. The maximum atomic E-state index is 13.7. The highest BCUT2D eigenvalue weighted by Gasteiger charge is 2.65. The minimum Gasteiger partial charge on any atom is -0.508 e. The largest absolute Gasteiger partial charge is 0.508 e. The highest BCUT2D eigenvalue weighted by atomic mass is 16.5. The monoisotopic (exact) mass is 487 g/mol. The fourth-order valence-corrected chi connectivity index (χ4v) is 5.84. The zero-order valence-electron chi connectivity index (χ0n) is 20.0. The van der Waals surface area contributed by atoms with E-state index >= 15 is 0 Å². The van der Waals surface area contributed by atoms with Gasteiger partial charge in [-0.3, -0.25) is 14.4 Å². The molecule has 0 radical (unpaired) electrons. The number of Topliss-reactive ketones (excluding diaryl/α,β-unsaturated/α-hetero) is 2. The molecule has 0 bridgehead atoms. The Kier molecular flexibility index (Phi) is 5.35. The molecule has 35 heavy (non-hydrogen) atoms. The van der Waals surface area contributed by atoms with Crippen LogP contribution in [0.3, 0.4) is 0 Å². The molecular formula is C25H29NO9. The average molecular weight is 488 g/mol. The number of methoxy groups -OCH3 is 1. The third-order valence-corrected chi connectivity index (χ3v) is 7.59. The van der Waals surface area contributed by atoms with Gasteiger partial charge in [-0.2, -0.15) is 0 Å². The summed E-state index contributed by atoms with van der Waals surface area (Å²) in [6.07, 6.45) is -2.21. The van der Waals surface area contributed by atoms with Crippen LogP contribution in [0.1, 0.15) is 56.7 Å². The Balaban J connectivity index is 2.07. The molecule has 1 saturated carbocycles. The molecule has 0 saturated heterocycles. The topological polar surface area (TPSA) is 188 Å². The van der Waals surface area contributed by atoms with Crippen LogP contribution in [0, 0.1) is 11.8 Å². The van der Waals surface area contributed by atoms with Crippen LogP contribution in [0.5, 0.6) is 11.5 Å². The van der Waals surface area contributed by atoms with Gasteiger partial charge in [0.15, 0.2) is 11.4 Å². The first-order valence-corrected chi connectivity index (χ1v) is 11.2. The van der Waals surface area contributed by atoms with Crippen molar-refractivity contribution in [3.8, 4) is 11.5 Å². The lowest BCUT2D eigenvalue weighted by Gasteiger charge is -2.50. The number of carbonyl (C=O) groups is 3. The van der Waals surface area contributed by atoms with E-state index in [2.05, 4.69) is 0 Å². The normalized spacial score (nSPS) is 30.6. The second-order valence-corrected chi connectivity index (χ2v) is 10.5. The molecule has 1 aromatic carbocycles. The van der Waals surface area contributed by atoms with Gasteiger partial charge in [0.05, 0.1) is 18.8 Å². The molecule has 1 aromatic rings. The first-order valence-electron chi connectivity index (χ1n) is 11.2. The van der Waals surface area contributed by atoms with Crippen molar-refractivity contribution in [1.29, 1.82) is 0 Å². The Hall–Kier alpha value is -3.37. The molecule has 0 spiro atoms. The molecule has 0 heterocycles. The Bertz CT molecular complexity index is 1250. The van der Waals surface area contributed by atoms with Gasteiger partial charge in [-0.25, -0.2) is 0 Å². The quantitative estimate of drug-likeness (QED) is 0.334. The molecule has 188 valence electrons. The van der Waals surface area contributed by atoms with Gasteiger partial charge in [0, 0.05) is 35.0 Å². The molecule has 4 rings (SSSR count). The number of hydrogen-bond donors (Lipinski definition) is 6. The molecule has 3 aliphatic rings. The summed E-state index contributed by atoms with van der Waals surface area (Å²) >= 11 is 0. The summed E-state index contributed by atoms with van der Waals surface area (Å²) in [6, 6.07) is 1.63. The minimum absolute atomic E-state index is 0.0823. The number of ether oxygens (including phenoxy) is 1. The van der Waals surface area contributed by atoms with Gasteiger partial charge in [0.2, 0.25) is 5.78 Å². The number of benzene rings is 1. The predicted molar refractivity (Wildman–Crippen MR) is 123 cm³/mol. The number of aliphatic hydroxyl groups excluding tert-OH is 3. The fourth-order valence-electron chi connectivity index (χ4n) is 5.84. The summed E-state index contributed by atoms with van der Waals surface area (Å²) in [4.78, 5) is 38.0. The third-order valence-electron chi connectivity index (χ3n) is 7.59. The smallest absolute Gasteiger partial charge is 0.255 e. The Morgan fingerprint density at radius 3 is 2.31 bits per heavy atom. The van der Waals surface area contributed by atoms with E-state index in [0.717, 1.165) is 0 Å². The first kappa shape index (κ1) is 24.7. The number of fused-ring (bicyclic) bond motifs is 3. The molecule has 0 aliphatic heterocycles. The van der Waals surface area contributed by atoms with E-state index in [1.54, 1.807) is 13.0 Å². The second kappa shape index (κ2) is 7.56. The van der Waals surface area contributed by atoms with Crippen molar-refractivity contribution in [2.45, 2.75) is 57.2 Å². The predicted octanol–water partition coefficient (Wildman–Crippen LogP) is 1.26. The van der Waals surface area contributed by atoms with Gasteiger partial charge in [-0.1, -0.05) is 27.7 Å². The number of nitrogens with two attached hydrogens (primary N) is 1. The molecule has 10 heteroatoms. The number of hydrogen-bond acceptors (Lipinski definition) is 9. The SMILES string of the molecule is COc1cc(C(C)(C)C)c(O)c2c1[C@H](C)[C@@H]1C(=C2O)C(=O)[C@]2(O)C(O)=C(C(N)=O)C(=O)C[C@@H]2[C@H]1O. The van der Waals surface area contributed by atoms with Crippen LogP contribution in [0.15, 0.2) is 23.0 Å². The molecule has 0 unspecified atom stereocenters. The number of rotatable bonds is 2. The van der Waals surface area contributed by atoms with Crippen LogP contribution in [0.2, 0.25) is 0 Å². The summed E-state index contributed by atoms with van der Waals surface area (Å²) in [6.45, 7) is 7.17. The zero-order valence-corrected chi connectivity index (χ0v) is 20.0. The maximum absolute atomic E-state index is 13.7. The number of phenolic OH excluding ortho intramolecular Hbond substituents is 1. The fraction of sp³-hybridized carbons (Fsp3) is 0.480. The number of aliphatic hydroxyl groups is 4. The van der Waals surface area contributed by atoms with Gasteiger partial charge < -0.3 is 36.0 Å². The summed E-state index contributed by atoms with van der Waals surface area (Å²) in [7, 11) is 1.41. The molecular weight excluding hydrogens is 458 g/mol. The van der Waals surface area contributed by atoms with Crippen molar-refractivity contribution >= 4 is 23.2 Å². The summed E-state index contributed by atoms with van der Waals surface area (Å²) in [5, 5.41) is 55.9. The lowest BCUT2D eigenvalue weighted by atomic mass is 9.55. The molecule has 1 fully saturated rings. The molecule has 3 aliphatic carbocycles. The third kappa shape index (κ3) is 3.06. The van der Waals surface area contributed by atoms with E-state index in [4.69, 9.17) is 10.5 Å². The lowest BCUT2D eigenvalue weighted by Crippen LogP contribution is -2.63. The highest BCUT2D eigenvalue weighted by molar-refractivity contribution is 6.23. The van der Waals surface area contributed by atoms with E-state index in [9.17, 15) is 39.9 Å². The molecule has 10 nitrogen and oxygen atoms in total. The van der Waals surface area contributed by atoms with Crippen LogP contribution in [-0.2, 0) is 19.8 Å². The van der Waals surface area contributed by atoms with Crippen LogP contribution < -0.4 is 10.5 Å². The van der Waals surface area contributed by atoms with E-state index in [0.29, 0.717) is 16.9 Å². The van der Waals surface area contributed by atoms with Crippen molar-refractivity contribution in [1.82, 2.24) is 0 Å². The van der Waals surface area contributed by atoms with Crippen molar-refractivity contribution in [3.63, 3.8) is 0 Å². The number of ketones is 2. The second-order valence-electron chi connectivity index (χ2n) is 10.5. The number of phenols is 1. The molecule has 5 atom stereocenters. The van der Waals surface area contributed by atoms with E-state index in [-0.39, 0.29) is 11.3 Å². The Morgan fingerprint density at radius 2 is 1.80 bits per heavy atom. The minimum atomic E-state index is -2.87. The van der Waals surface area contributed by atoms with Gasteiger partial charge in [-0.15, -0.1) is 0 Å². The van der Waals surface area contributed by atoms with Gasteiger partial charge >= 0.3 is 0 Å². The van der Waals surface area contributed by atoms with Crippen molar-refractivity contribution in [2.24, 2.45) is 17.6 Å². The summed E-state index contributed by atoms with van der Waals surface area (Å²) in [5.41, 5.74) is 1.08. The van der Waals surface area contributed by atoms with Crippen molar-refractivity contribution < 1.29 is 44.7 Å². The van der Waals surface area contributed by atoms with Gasteiger partial charge in [0.25, 0.3) is 5.91 Å². The average Bonchev–Trinajstić information content (AvgIpc) is 2.75. The first-order chi connectivity index (χ1) is 16.1. The number of aromatic hydroxyl groups is 1. The Labute approximate surface area is 201 Å². The van der Waals surface area contributed by atoms with Crippen LogP contribution in [0.25, 0.3) is 5.76 Å². The van der Waals surface area contributed by atoms with E-state index in [1.165, 1.54) is 7.11 Å². The van der Waals surface area contributed by atoms with Crippen LogP contribution in [0.4, 0.5) is 0 Å². The van der Waals surface area contributed by atoms with Crippen molar-refractivity contribution in [2.75, 3.05) is 7.11 Å². The summed E-state index contributed by atoms with van der Waals surface area (Å²) in [5.74, 6) is -8.66. The molecule has 0 aromatic heterocycles. The number of carbonyl (C=O) groups excluding carboxylic acids is 3. The Morgan fingerprint density at radius 1 is 1.20 bits per heavy atom. The molecule has 1 amide bonds. The van der Waals surface area contributed by atoms with E-state index in [1.807, 2.05) is 20.8 Å². The van der Waals surface area contributed by atoms with Crippen LogP contribution >= 0.6 is 0 Å². The van der Waals surface area contributed by atoms with Crippen molar-refractivity contribution in [3.05, 3.63) is 39.7 Å². The van der Waals surface area contributed by atoms with E-state index < -0.39 is 81.4 Å². The maximum Gasteiger partial charge on any atom is 0.255 e. The van der Waals surface area contributed by atoms with Crippen LogP contribution in [-0.4, -0.2) is 61.8 Å². The zero-order chi connectivity index (χ0) is 26.4. The number of primary amides is 1. The highest BCUT2D eigenvalue weighted by Crippen LogP contribution is 2.58. The standard InChI is InChI=1S/C25H29NO9/c1-8-13-12(35-5)7-9(24(2,3)4)18(28)16(13)20(30)17-14(8)19(29)10-6-11(27)15(23(26)33)21(31)25(10,34)22(17)32/h7-8,10,14,19,28-31,34H,6H2,1-5H3,(H2,26,33)/t8-,10+,14+,19+,25+/m0/s1. The summed E-state index contributed by atoms with van der Waals surface area (Å²) < 4.78 is 5.55. The molecule has 7 N–H and O–H groups in total. The van der Waals surface area contributed by atoms with Gasteiger partial charge in [0.1, 0.15) is 28.6 Å². The van der Waals surface area contributed by atoms with Gasteiger partial charge in [-0.05, 0) is 17.4 Å².